The molecule has 0 aromatic heterocycles. The van der Waals surface area contributed by atoms with E-state index >= 15 is 0 Å². The average molecular weight is 195 g/mol. The Bertz CT molecular complexity index is 316. The Morgan fingerprint density at radius 2 is 2.36 bits per heavy atom. The van der Waals surface area contributed by atoms with Crippen LogP contribution in [0.2, 0.25) is 0 Å². The highest BCUT2D eigenvalue weighted by atomic mass is 16.5. The van der Waals surface area contributed by atoms with E-state index in [4.69, 9.17) is 10.5 Å². The van der Waals surface area contributed by atoms with E-state index in [9.17, 15) is 4.79 Å². The van der Waals surface area contributed by atoms with Crippen molar-refractivity contribution in [1.29, 1.82) is 0 Å². The predicted molar refractivity (Wildman–Crippen MR) is 50.0 cm³/mol. The molecule has 1 saturated heterocycles. The number of carbonyl (C=O) groups is 1. The minimum atomic E-state index is -0.391. The van der Waals surface area contributed by atoms with Gasteiger partial charge in [-0.2, -0.15) is 4.99 Å². The molecule has 5 heteroatoms. The lowest BCUT2D eigenvalue weighted by Crippen LogP contribution is -2.55. The largest absolute Gasteiger partial charge is 0.385 e. The van der Waals surface area contributed by atoms with Crippen LogP contribution in [-0.4, -0.2) is 41.6 Å². The monoisotopic (exact) mass is 195 g/mol. The lowest BCUT2D eigenvalue weighted by molar-refractivity contribution is 0.132. The highest BCUT2D eigenvalue weighted by molar-refractivity contribution is 6.06. The SMILES string of the molecule is NC1=NC(=O)N(C2CC2)C12CCOC2. The maximum atomic E-state index is 11.6. The molecular weight excluding hydrogens is 182 g/mol. The molecule has 1 aliphatic carbocycles. The molecule has 2 N–H and O–H groups in total. The summed E-state index contributed by atoms with van der Waals surface area (Å²) >= 11 is 0. The van der Waals surface area contributed by atoms with Gasteiger partial charge in [-0.15, -0.1) is 0 Å². The van der Waals surface area contributed by atoms with Crippen molar-refractivity contribution in [2.45, 2.75) is 30.8 Å². The number of nitrogens with two attached hydrogens (primary N) is 1. The van der Waals surface area contributed by atoms with E-state index in [0.29, 0.717) is 25.1 Å². The Balaban J connectivity index is 1.98. The molecule has 14 heavy (non-hydrogen) atoms. The average Bonchev–Trinajstić information content (AvgIpc) is 2.77. The van der Waals surface area contributed by atoms with Gasteiger partial charge in [0, 0.05) is 19.1 Å². The van der Waals surface area contributed by atoms with E-state index in [1.807, 2.05) is 4.90 Å². The molecule has 2 amide bonds. The summed E-state index contributed by atoms with van der Waals surface area (Å²) in [7, 11) is 0. The third kappa shape index (κ3) is 0.877. The summed E-state index contributed by atoms with van der Waals surface area (Å²) in [5, 5.41) is 0. The van der Waals surface area contributed by atoms with Gasteiger partial charge in [0.1, 0.15) is 11.4 Å². The molecule has 0 bridgehead atoms. The predicted octanol–water partition coefficient (Wildman–Crippen LogP) is 0.101. The molecule has 1 spiro atoms. The summed E-state index contributed by atoms with van der Waals surface area (Å²) in [6.07, 6.45) is 2.96. The quantitative estimate of drug-likeness (QED) is 0.645. The molecule has 5 nitrogen and oxygen atoms in total. The smallest absolute Gasteiger partial charge is 0.346 e. The molecule has 0 aromatic carbocycles. The maximum absolute atomic E-state index is 11.6. The number of amides is 2. The summed E-state index contributed by atoms with van der Waals surface area (Å²) in [6.45, 7) is 1.19. The summed E-state index contributed by atoms with van der Waals surface area (Å²) < 4.78 is 5.35. The first kappa shape index (κ1) is 8.23. The molecule has 3 aliphatic rings. The number of nitrogens with zero attached hydrogens (tertiary/aromatic N) is 2. The number of hydrogen-bond donors (Lipinski definition) is 1. The molecule has 2 heterocycles. The van der Waals surface area contributed by atoms with Crippen molar-refractivity contribution < 1.29 is 9.53 Å². The van der Waals surface area contributed by atoms with Gasteiger partial charge in [-0.1, -0.05) is 0 Å². The molecule has 1 atom stereocenters. The van der Waals surface area contributed by atoms with E-state index in [-0.39, 0.29) is 6.03 Å². The third-order valence-electron chi connectivity index (χ3n) is 3.27. The highest BCUT2D eigenvalue weighted by Crippen LogP contribution is 2.40. The van der Waals surface area contributed by atoms with Crippen LogP contribution in [0, 0.1) is 0 Å². The fourth-order valence-electron chi connectivity index (χ4n) is 2.35. The first-order valence-corrected chi connectivity index (χ1v) is 5.00. The minimum Gasteiger partial charge on any atom is -0.385 e. The molecule has 1 saturated carbocycles. The second-order valence-electron chi connectivity index (χ2n) is 4.21. The van der Waals surface area contributed by atoms with Crippen LogP contribution in [0.4, 0.5) is 4.79 Å². The van der Waals surface area contributed by atoms with Crippen molar-refractivity contribution in [3.05, 3.63) is 0 Å². The Kier molecular flexibility index (Phi) is 1.45. The molecule has 2 aliphatic heterocycles. The van der Waals surface area contributed by atoms with Gasteiger partial charge in [-0.3, -0.25) is 0 Å². The van der Waals surface area contributed by atoms with Crippen molar-refractivity contribution in [3.8, 4) is 0 Å². The molecule has 76 valence electrons. The summed E-state index contributed by atoms with van der Waals surface area (Å²) in [6, 6.07) is 0.185. The zero-order valence-electron chi connectivity index (χ0n) is 7.90. The van der Waals surface area contributed by atoms with Crippen LogP contribution in [0.15, 0.2) is 4.99 Å². The van der Waals surface area contributed by atoms with E-state index < -0.39 is 5.54 Å². The number of aliphatic imine (C=N–C) groups is 1. The van der Waals surface area contributed by atoms with Crippen LogP contribution in [0.25, 0.3) is 0 Å². The molecular formula is C9H13N3O2. The number of hydrogen-bond acceptors (Lipinski definition) is 3. The Morgan fingerprint density at radius 1 is 1.57 bits per heavy atom. The molecule has 2 fully saturated rings. The summed E-state index contributed by atoms with van der Waals surface area (Å²) in [5.41, 5.74) is 5.44. The molecule has 0 radical (unpaired) electrons. The van der Waals surface area contributed by atoms with Gasteiger partial charge in [-0.25, -0.2) is 4.79 Å². The second-order valence-corrected chi connectivity index (χ2v) is 4.21. The summed E-state index contributed by atoms with van der Waals surface area (Å²) in [5.74, 6) is 0.451. The Hall–Kier alpha value is -1.10. The number of rotatable bonds is 1. The van der Waals surface area contributed by atoms with Gasteiger partial charge in [0.15, 0.2) is 0 Å². The van der Waals surface area contributed by atoms with E-state index in [2.05, 4.69) is 4.99 Å². The van der Waals surface area contributed by atoms with Crippen LogP contribution in [0.5, 0.6) is 0 Å². The number of carbonyl (C=O) groups excluding carboxylic acids is 1. The summed E-state index contributed by atoms with van der Waals surface area (Å²) in [4.78, 5) is 17.3. The van der Waals surface area contributed by atoms with Crippen LogP contribution in [0.3, 0.4) is 0 Å². The number of amidine groups is 1. The van der Waals surface area contributed by atoms with Crippen molar-refractivity contribution >= 4 is 11.9 Å². The first-order valence-electron chi connectivity index (χ1n) is 5.00. The standard InChI is InChI=1S/C9H13N3O2/c10-7-9(3-4-14-5-9)12(6-1-2-6)8(13)11-7/h6H,1-5H2,(H2,10,11,13). The van der Waals surface area contributed by atoms with Crippen LogP contribution in [-0.2, 0) is 4.74 Å². The van der Waals surface area contributed by atoms with Crippen molar-refractivity contribution in [2.24, 2.45) is 10.7 Å². The van der Waals surface area contributed by atoms with E-state index in [1.165, 1.54) is 0 Å². The van der Waals surface area contributed by atoms with Crippen molar-refractivity contribution in [2.75, 3.05) is 13.2 Å². The number of urea groups is 1. The van der Waals surface area contributed by atoms with Crippen LogP contribution < -0.4 is 5.73 Å². The van der Waals surface area contributed by atoms with E-state index in [1.54, 1.807) is 0 Å². The Morgan fingerprint density at radius 3 is 2.93 bits per heavy atom. The molecule has 1 unspecified atom stereocenters. The fraction of sp³-hybridized carbons (Fsp3) is 0.778. The Labute approximate surface area is 81.9 Å². The van der Waals surface area contributed by atoms with Gasteiger partial charge in [-0.05, 0) is 12.8 Å². The van der Waals surface area contributed by atoms with Gasteiger partial charge in [0.2, 0.25) is 0 Å². The topological polar surface area (TPSA) is 67.9 Å². The number of ether oxygens (including phenoxy) is 1. The van der Waals surface area contributed by atoms with Crippen molar-refractivity contribution in [3.63, 3.8) is 0 Å². The van der Waals surface area contributed by atoms with Gasteiger partial charge in [0.05, 0.1) is 6.61 Å². The minimum absolute atomic E-state index is 0.171. The first-order chi connectivity index (χ1) is 6.74. The lowest BCUT2D eigenvalue weighted by atomic mass is 9.96. The highest BCUT2D eigenvalue weighted by Gasteiger charge is 2.55. The second kappa shape index (κ2) is 2.48. The van der Waals surface area contributed by atoms with Crippen LogP contribution >= 0.6 is 0 Å². The molecule has 3 rings (SSSR count). The zero-order valence-corrected chi connectivity index (χ0v) is 7.90. The third-order valence-corrected chi connectivity index (χ3v) is 3.27. The lowest BCUT2D eigenvalue weighted by Gasteiger charge is -2.32. The van der Waals surface area contributed by atoms with Gasteiger partial charge < -0.3 is 15.4 Å². The van der Waals surface area contributed by atoms with Gasteiger partial charge in [0.25, 0.3) is 0 Å². The normalized spacial score (nSPS) is 37.0. The van der Waals surface area contributed by atoms with E-state index in [0.717, 1.165) is 19.3 Å². The molecule has 0 aromatic rings. The van der Waals surface area contributed by atoms with Gasteiger partial charge >= 0.3 is 6.03 Å². The maximum Gasteiger partial charge on any atom is 0.346 e. The fourth-order valence-corrected chi connectivity index (χ4v) is 2.35. The van der Waals surface area contributed by atoms with Crippen LogP contribution in [0.1, 0.15) is 19.3 Å². The zero-order chi connectivity index (χ0) is 9.76. The van der Waals surface area contributed by atoms with Crippen molar-refractivity contribution in [1.82, 2.24) is 4.90 Å².